The van der Waals surface area contributed by atoms with Gasteiger partial charge in [0.1, 0.15) is 17.8 Å². The van der Waals surface area contributed by atoms with Crippen LogP contribution >= 0.6 is 0 Å². The number of hydrogen-bond donors (Lipinski definition) is 1. The molecule has 1 aliphatic rings. The minimum atomic E-state index is -0.251. The molecule has 4 rings (SSSR count). The van der Waals surface area contributed by atoms with Gasteiger partial charge in [0, 0.05) is 32.0 Å². The normalized spacial score (nSPS) is 14.9. The van der Waals surface area contributed by atoms with Crippen molar-refractivity contribution in [2.75, 3.05) is 24.5 Å². The van der Waals surface area contributed by atoms with Crippen LogP contribution in [0.15, 0.2) is 31.1 Å². The molecule has 3 aromatic heterocycles. The van der Waals surface area contributed by atoms with Gasteiger partial charge in [-0.25, -0.2) is 19.6 Å². The van der Waals surface area contributed by atoms with Gasteiger partial charge in [-0.1, -0.05) is 12.8 Å². The lowest BCUT2D eigenvalue weighted by atomic mass is 10.2. The fourth-order valence-electron chi connectivity index (χ4n) is 3.36. The summed E-state index contributed by atoms with van der Waals surface area (Å²) < 4.78 is 1.80. The Morgan fingerprint density at radius 1 is 1.04 bits per heavy atom. The highest BCUT2D eigenvalue weighted by Gasteiger charge is 2.17. The molecular formula is C18H22N8O. The SMILES string of the molecule is O=C(NCCn1ncc2c(N3CCCCCC3)ncnc21)c1cnccn1. The summed E-state index contributed by atoms with van der Waals surface area (Å²) in [6.45, 7) is 2.98. The second kappa shape index (κ2) is 8.07. The molecule has 1 saturated heterocycles. The lowest BCUT2D eigenvalue weighted by Gasteiger charge is -2.21. The van der Waals surface area contributed by atoms with Gasteiger partial charge in [0.2, 0.25) is 0 Å². The van der Waals surface area contributed by atoms with Crippen LogP contribution in [0, 0.1) is 0 Å². The second-order valence-electron chi connectivity index (χ2n) is 6.55. The number of anilines is 1. The van der Waals surface area contributed by atoms with Crippen LogP contribution in [-0.2, 0) is 6.54 Å². The predicted octanol–water partition coefficient (Wildman–Crippen LogP) is 1.43. The zero-order chi connectivity index (χ0) is 18.5. The lowest BCUT2D eigenvalue weighted by Crippen LogP contribution is -2.28. The van der Waals surface area contributed by atoms with Gasteiger partial charge in [0.05, 0.1) is 24.3 Å². The van der Waals surface area contributed by atoms with E-state index in [9.17, 15) is 4.79 Å². The van der Waals surface area contributed by atoms with E-state index >= 15 is 0 Å². The number of nitrogens with one attached hydrogen (secondary N) is 1. The van der Waals surface area contributed by atoms with E-state index < -0.39 is 0 Å². The van der Waals surface area contributed by atoms with Gasteiger partial charge in [0.25, 0.3) is 5.91 Å². The van der Waals surface area contributed by atoms with Gasteiger partial charge in [-0.2, -0.15) is 5.10 Å². The van der Waals surface area contributed by atoms with Crippen LogP contribution in [0.4, 0.5) is 5.82 Å². The van der Waals surface area contributed by atoms with Crippen LogP contribution in [0.25, 0.3) is 11.0 Å². The van der Waals surface area contributed by atoms with E-state index in [2.05, 4.69) is 35.3 Å². The van der Waals surface area contributed by atoms with Crippen molar-refractivity contribution in [1.29, 1.82) is 0 Å². The van der Waals surface area contributed by atoms with E-state index in [4.69, 9.17) is 0 Å². The molecule has 0 aromatic carbocycles. The molecule has 1 amide bonds. The second-order valence-corrected chi connectivity index (χ2v) is 6.55. The summed E-state index contributed by atoms with van der Waals surface area (Å²) in [4.78, 5) is 31.2. The zero-order valence-electron chi connectivity index (χ0n) is 15.1. The smallest absolute Gasteiger partial charge is 0.271 e. The van der Waals surface area contributed by atoms with Crippen LogP contribution in [0.1, 0.15) is 36.2 Å². The summed E-state index contributed by atoms with van der Waals surface area (Å²) >= 11 is 0. The molecule has 1 aliphatic heterocycles. The molecule has 1 fully saturated rings. The summed E-state index contributed by atoms with van der Waals surface area (Å²) in [5, 5.41) is 8.24. The van der Waals surface area contributed by atoms with Gasteiger partial charge in [0.15, 0.2) is 5.65 Å². The van der Waals surface area contributed by atoms with Gasteiger partial charge in [-0.15, -0.1) is 0 Å². The standard InChI is InChI=1S/C18H22N8O/c27-18(15-12-19-5-6-20-15)21-7-10-26-17-14(11-24-26)16(22-13-23-17)25-8-3-1-2-4-9-25/h5-6,11-13H,1-4,7-10H2,(H,21,27). The van der Waals surface area contributed by atoms with Crippen LogP contribution in [0.2, 0.25) is 0 Å². The molecule has 9 heteroatoms. The third-order valence-corrected chi connectivity index (χ3v) is 4.72. The number of carbonyl (C=O) groups is 1. The van der Waals surface area contributed by atoms with Gasteiger partial charge in [-0.3, -0.25) is 9.78 Å². The maximum atomic E-state index is 12.1. The van der Waals surface area contributed by atoms with Gasteiger partial charge in [-0.05, 0) is 12.8 Å². The van der Waals surface area contributed by atoms with Crippen molar-refractivity contribution in [2.24, 2.45) is 0 Å². The van der Waals surface area contributed by atoms with Crippen LogP contribution in [-0.4, -0.2) is 55.3 Å². The molecular weight excluding hydrogens is 344 g/mol. The molecule has 0 radical (unpaired) electrons. The maximum absolute atomic E-state index is 12.1. The van der Waals surface area contributed by atoms with E-state index in [0.29, 0.717) is 18.8 Å². The molecule has 3 aromatic rings. The average Bonchev–Trinajstić information content (AvgIpc) is 2.94. The highest BCUT2D eigenvalue weighted by Crippen LogP contribution is 2.24. The van der Waals surface area contributed by atoms with Crippen molar-refractivity contribution in [2.45, 2.75) is 32.2 Å². The first kappa shape index (κ1) is 17.3. The Morgan fingerprint density at radius 2 is 1.89 bits per heavy atom. The van der Waals surface area contributed by atoms with E-state index in [1.54, 1.807) is 11.0 Å². The van der Waals surface area contributed by atoms with Crippen molar-refractivity contribution in [3.05, 3.63) is 36.8 Å². The molecule has 0 spiro atoms. The minimum Gasteiger partial charge on any atom is -0.356 e. The third kappa shape index (κ3) is 3.86. The zero-order valence-corrected chi connectivity index (χ0v) is 15.1. The molecule has 0 bridgehead atoms. The number of aromatic nitrogens is 6. The quantitative estimate of drug-likeness (QED) is 0.729. The van der Waals surface area contributed by atoms with E-state index in [1.807, 2.05) is 6.20 Å². The fourth-order valence-corrected chi connectivity index (χ4v) is 3.36. The Balaban J connectivity index is 1.45. The Bertz CT molecular complexity index is 902. The summed E-state index contributed by atoms with van der Waals surface area (Å²) in [6, 6.07) is 0. The summed E-state index contributed by atoms with van der Waals surface area (Å²) in [5.74, 6) is 0.705. The highest BCUT2D eigenvalue weighted by molar-refractivity contribution is 5.91. The van der Waals surface area contributed by atoms with Crippen molar-refractivity contribution >= 4 is 22.8 Å². The largest absolute Gasteiger partial charge is 0.356 e. The van der Waals surface area contributed by atoms with Crippen molar-refractivity contribution in [3.63, 3.8) is 0 Å². The Labute approximate surface area is 156 Å². The maximum Gasteiger partial charge on any atom is 0.271 e. The summed E-state index contributed by atoms with van der Waals surface area (Å²) in [6.07, 6.45) is 12.8. The molecule has 0 aliphatic carbocycles. The molecule has 4 heterocycles. The van der Waals surface area contributed by atoms with Crippen molar-refractivity contribution < 1.29 is 4.79 Å². The average molecular weight is 366 g/mol. The number of carbonyl (C=O) groups excluding carboxylic acids is 1. The predicted molar refractivity (Wildman–Crippen MR) is 100 cm³/mol. The van der Waals surface area contributed by atoms with E-state index in [-0.39, 0.29) is 5.91 Å². The fraction of sp³-hybridized carbons (Fsp3) is 0.444. The first-order valence-corrected chi connectivity index (χ1v) is 9.28. The Hall–Kier alpha value is -3.10. The lowest BCUT2D eigenvalue weighted by molar-refractivity contribution is 0.0946. The van der Waals surface area contributed by atoms with Crippen LogP contribution < -0.4 is 10.2 Å². The Kier molecular flexibility index (Phi) is 5.17. The first-order valence-electron chi connectivity index (χ1n) is 9.28. The molecule has 1 N–H and O–H groups in total. The minimum absolute atomic E-state index is 0.251. The van der Waals surface area contributed by atoms with Crippen LogP contribution in [0.3, 0.4) is 0 Å². The van der Waals surface area contributed by atoms with Gasteiger partial charge >= 0.3 is 0 Å². The summed E-state index contributed by atoms with van der Waals surface area (Å²) in [5.41, 5.74) is 1.09. The van der Waals surface area contributed by atoms with Crippen molar-refractivity contribution in [3.8, 4) is 0 Å². The third-order valence-electron chi connectivity index (χ3n) is 4.72. The van der Waals surface area contributed by atoms with E-state index in [0.717, 1.165) is 29.9 Å². The Morgan fingerprint density at radius 3 is 2.67 bits per heavy atom. The molecule has 0 atom stereocenters. The monoisotopic (exact) mass is 366 g/mol. The number of fused-ring (bicyclic) bond motifs is 1. The van der Waals surface area contributed by atoms with Gasteiger partial charge < -0.3 is 10.2 Å². The highest BCUT2D eigenvalue weighted by atomic mass is 16.1. The molecule has 27 heavy (non-hydrogen) atoms. The van der Waals surface area contributed by atoms with Crippen LogP contribution in [0.5, 0.6) is 0 Å². The number of rotatable bonds is 5. The number of nitrogens with zero attached hydrogens (tertiary/aromatic N) is 7. The topological polar surface area (TPSA) is 102 Å². The molecule has 0 saturated carbocycles. The van der Waals surface area contributed by atoms with E-state index in [1.165, 1.54) is 44.3 Å². The number of amides is 1. The molecule has 9 nitrogen and oxygen atoms in total. The van der Waals surface area contributed by atoms with Crippen molar-refractivity contribution in [1.82, 2.24) is 35.0 Å². The first-order chi connectivity index (χ1) is 13.3. The molecule has 0 unspecified atom stereocenters. The molecule has 140 valence electrons. The number of hydrogen-bond acceptors (Lipinski definition) is 7. The summed E-state index contributed by atoms with van der Waals surface area (Å²) in [7, 11) is 0.